The van der Waals surface area contributed by atoms with Crippen molar-refractivity contribution < 1.29 is 24.2 Å². The van der Waals surface area contributed by atoms with E-state index in [2.05, 4.69) is 0 Å². The second kappa shape index (κ2) is 8.47. The van der Waals surface area contributed by atoms with Gasteiger partial charge in [-0.2, -0.15) is 0 Å². The van der Waals surface area contributed by atoms with Crippen LogP contribution in [0.15, 0.2) is 30.5 Å². The highest BCUT2D eigenvalue weighted by Gasteiger charge is 2.10. The van der Waals surface area contributed by atoms with Crippen molar-refractivity contribution >= 4 is 34.4 Å². The van der Waals surface area contributed by atoms with Crippen LogP contribution in [0.2, 0.25) is 5.02 Å². The summed E-state index contributed by atoms with van der Waals surface area (Å²) in [6.45, 7) is 4.59. The standard InChI is InChI=1S/C12H14ClFN2.C4H4O4/c1-7-5-16(6-8(2)15)12-4-10(13)11(14)3-9(7)12;5-3(6)1-2-4(7)8/h3-5,8H,6,15H2,1-2H3;1-2H,(H,5,6)(H,7,8)/t8-;/m0./s1. The quantitative estimate of drug-likeness (QED) is 0.730. The molecule has 0 spiro atoms. The number of aliphatic carboxylic acids is 2. The van der Waals surface area contributed by atoms with Crippen LogP contribution in [-0.4, -0.2) is 32.8 Å². The molecule has 0 amide bonds. The molecule has 0 aliphatic rings. The largest absolute Gasteiger partial charge is 0.478 e. The van der Waals surface area contributed by atoms with Crippen LogP contribution in [0.4, 0.5) is 4.39 Å². The molecule has 1 aromatic heterocycles. The Balaban J connectivity index is 0.000000307. The summed E-state index contributed by atoms with van der Waals surface area (Å²) in [5, 5.41) is 16.7. The Morgan fingerprint density at radius 3 is 2.33 bits per heavy atom. The summed E-state index contributed by atoms with van der Waals surface area (Å²) in [5.74, 6) is -2.89. The van der Waals surface area contributed by atoms with E-state index in [1.165, 1.54) is 6.07 Å². The van der Waals surface area contributed by atoms with Crippen molar-refractivity contribution in [3.8, 4) is 0 Å². The molecule has 0 aliphatic heterocycles. The van der Waals surface area contributed by atoms with Gasteiger partial charge in [0, 0.05) is 36.3 Å². The van der Waals surface area contributed by atoms with E-state index in [1.54, 1.807) is 6.07 Å². The summed E-state index contributed by atoms with van der Waals surface area (Å²) in [4.78, 5) is 19.1. The van der Waals surface area contributed by atoms with Crippen LogP contribution in [0.3, 0.4) is 0 Å². The summed E-state index contributed by atoms with van der Waals surface area (Å²) < 4.78 is 15.3. The lowest BCUT2D eigenvalue weighted by Crippen LogP contribution is -2.21. The van der Waals surface area contributed by atoms with Crippen LogP contribution in [-0.2, 0) is 16.1 Å². The number of fused-ring (bicyclic) bond motifs is 1. The molecular formula is C16H18ClFN2O4. The van der Waals surface area contributed by atoms with Crippen molar-refractivity contribution in [2.24, 2.45) is 5.73 Å². The zero-order chi connectivity index (χ0) is 18.4. The van der Waals surface area contributed by atoms with Crippen LogP contribution >= 0.6 is 11.6 Å². The molecule has 2 rings (SSSR count). The average Bonchev–Trinajstić information content (AvgIpc) is 2.73. The number of nitrogens with zero attached hydrogens (tertiary/aromatic N) is 1. The van der Waals surface area contributed by atoms with Gasteiger partial charge in [0.1, 0.15) is 5.82 Å². The van der Waals surface area contributed by atoms with Crippen molar-refractivity contribution in [1.82, 2.24) is 4.57 Å². The summed E-state index contributed by atoms with van der Waals surface area (Å²) in [5.41, 5.74) is 7.73. The number of rotatable bonds is 4. The number of carboxylic acids is 2. The first-order valence-electron chi connectivity index (χ1n) is 6.95. The molecule has 1 atom stereocenters. The highest BCUT2D eigenvalue weighted by atomic mass is 35.5. The van der Waals surface area contributed by atoms with E-state index in [9.17, 15) is 14.0 Å². The molecule has 4 N–H and O–H groups in total. The fraction of sp³-hybridized carbons (Fsp3) is 0.250. The molecular weight excluding hydrogens is 339 g/mol. The minimum atomic E-state index is -1.26. The second-order valence-electron chi connectivity index (χ2n) is 5.24. The van der Waals surface area contributed by atoms with Crippen molar-refractivity contribution in [3.63, 3.8) is 0 Å². The molecule has 6 nitrogen and oxygen atoms in total. The lowest BCUT2D eigenvalue weighted by molar-refractivity contribution is -0.134. The summed E-state index contributed by atoms with van der Waals surface area (Å²) in [6, 6.07) is 3.19. The smallest absolute Gasteiger partial charge is 0.328 e. The molecule has 0 fully saturated rings. The Kier molecular flexibility index (Phi) is 6.94. The van der Waals surface area contributed by atoms with Crippen molar-refractivity contribution in [3.05, 3.63) is 46.9 Å². The first-order valence-corrected chi connectivity index (χ1v) is 7.33. The van der Waals surface area contributed by atoms with E-state index < -0.39 is 11.9 Å². The van der Waals surface area contributed by atoms with Gasteiger partial charge in [-0.3, -0.25) is 0 Å². The second-order valence-corrected chi connectivity index (χ2v) is 5.64. The van der Waals surface area contributed by atoms with Crippen molar-refractivity contribution in [2.45, 2.75) is 26.4 Å². The van der Waals surface area contributed by atoms with E-state index in [0.717, 1.165) is 16.5 Å². The van der Waals surface area contributed by atoms with Gasteiger partial charge < -0.3 is 20.5 Å². The molecule has 8 heteroatoms. The molecule has 0 unspecified atom stereocenters. The molecule has 2 aromatic rings. The Morgan fingerprint density at radius 1 is 1.33 bits per heavy atom. The van der Waals surface area contributed by atoms with Gasteiger partial charge in [-0.1, -0.05) is 11.6 Å². The Bertz CT molecular complexity index is 768. The van der Waals surface area contributed by atoms with Crippen LogP contribution in [0.1, 0.15) is 12.5 Å². The van der Waals surface area contributed by atoms with E-state index in [4.69, 9.17) is 27.5 Å². The van der Waals surface area contributed by atoms with Crippen LogP contribution in [0.25, 0.3) is 10.9 Å². The minimum Gasteiger partial charge on any atom is -0.478 e. The van der Waals surface area contributed by atoms with Crippen LogP contribution < -0.4 is 5.73 Å². The van der Waals surface area contributed by atoms with Gasteiger partial charge in [0.05, 0.1) is 10.5 Å². The normalized spacial score (nSPS) is 12.0. The lowest BCUT2D eigenvalue weighted by atomic mass is 10.2. The highest BCUT2D eigenvalue weighted by Crippen LogP contribution is 2.26. The molecule has 130 valence electrons. The average molecular weight is 357 g/mol. The highest BCUT2D eigenvalue weighted by molar-refractivity contribution is 6.31. The third kappa shape index (κ3) is 5.68. The zero-order valence-corrected chi connectivity index (χ0v) is 13.9. The van der Waals surface area contributed by atoms with Gasteiger partial charge in [-0.25, -0.2) is 14.0 Å². The fourth-order valence-corrected chi connectivity index (χ4v) is 2.22. The molecule has 0 saturated carbocycles. The SMILES string of the molecule is Cc1cn(C[C@H](C)N)c2cc(Cl)c(F)cc12.O=C(O)C=CC(=O)O. The molecule has 0 radical (unpaired) electrons. The number of aryl methyl sites for hydroxylation is 1. The van der Waals surface area contributed by atoms with Gasteiger partial charge in [-0.05, 0) is 31.5 Å². The number of halogens is 2. The maximum absolute atomic E-state index is 13.3. The number of benzene rings is 1. The predicted molar refractivity (Wildman–Crippen MR) is 89.7 cm³/mol. The number of carboxylic acid groups (broad SMARTS) is 2. The number of aromatic nitrogens is 1. The number of nitrogens with two attached hydrogens (primary N) is 1. The topological polar surface area (TPSA) is 106 Å². The molecule has 0 aliphatic carbocycles. The predicted octanol–water partition coefficient (Wildman–Crippen LogP) is 2.80. The van der Waals surface area contributed by atoms with Crippen LogP contribution in [0.5, 0.6) is 0 Å². The van der Waals surface area contributed by atoms with E-state index in [1.807, 2.05) is 24.6 Å². The maximum Gasteiger partial charge on any atom is 0.328 e. The molecule has 1 heterocycles. The lowest BCUT2D eigenvalue weighted by Gasteiger charge is -2.08. The number of carbonyl (C=O) groups is 2. The molecule has 0 bridgehead atoms. The van der Waals surface area contributed by atoms with E-state index >= 15 is 0 Å². The number of hydrogen-bond acceptors (Lipinski definition) is 3. The first kappa shape index (κ1) is 19.7. The number of hydrogen-bond donors (Lipinski definition) is 3. The van der Waals surface area contributed by atoms with Gasteiger partial charge in [0.25, 0.3) is 0 Å². The van der Waals surface area contributed by atoms with Gasteiger partial charge in [-0.15, -0.1) is 0 Å². The fourth-order valence-electron chi connectivity index (χ4n) is 2.07. The Morgan fingerprint density at radius 2 is 1.88 bits per heavy atom. The van der Waals surface area contributed by atoms with E-state index in [-0.39, 0.29) is 16.9 Å². The molecule has 1 aromatic carbocycles. The molecule has 0 saturated heterocycles. The van der Waals surface area contributed by atoms with Gasteiger partial charge in [0.15, 0.2) is 0 Å². The minimum absolute atomic E-state index is 0.0545. The van der Waals surface area contributed by atoms with Crippen molar-refractivity contribution in [1.29, 1.82) is 0 Å². The van der Waals surface area contributed by atoms with Crippen LogP contribution in [0, 0.1) is 12.7 Å². The Hall–Kier alpha value is -2.38. The third-order valence-corrected chi connectivity index (χ3v) is 3.27. The van der Waals surface area contributed by atoms with Gasteiger partial charge >= 0.3 is 11.9 Å². The summed E-state index contributed by atoms with van der Waals surface area (Å²) >= 11 is 5.79. The zero-order valence-electron chi connectivity index (χ0n) is 13.2. The van der Waals surface area contributed by atoms with Gasteiger partial charge in [0.2, 0.25) is 0 Å². The Labute approximate surface area is 142 Å². The first-order chi connectivity index (χ1) is 11.1. The maximum atomic E-state index is 13.3. The third-order valence-electron chi connectivity index (χ3n) is 2.98. The summed E-state index contributed by atoms with van der Waals surface area (Å²) in [7, 11) is 0. The van der Waals surface area contributed by atoms with Crippen molar-refractivity contribution in [2.75, 3.05) is 0 Å². The summed E-state index contributed by atoms with van der Waals surface area (Å²) in [6.07, 6.45) is 3.09. The van der Waals surface area contributed by atoms with E-state index in [0.29, 0.717) is 18.7 Å². The monoisotopic (exact) mass is 356 g/mol. The molecule has 24 heavy (non-hydrogen) atoms.